The van der Waals surface area contributed by atoms with Gasteiger partial charge in [-0.2, -0.15) is 0 Å². The first-order chi connectivity index (χ1) is 10.0. The van der Waals surface area contributed by atoms with Crippen molar-refractivity contribution >= 4 is 35.6 Å². The molecule has 7 heteroatoms. The van der Waals surface area contributed by atoms with E-state index in [2.05, 4.69) is 10.9 Å². The molecular formula is C14H16N2O4S. The van der Waals surface area contributed by atoms with Crippen LogP contribution in [0, 0.1) is 0 Å². The minimum absolute atomic E-state index is 0.414. The minimum Gasteiger partial charge on any atom is -0.452 e. The predicted molar refractivity (Wildman–Crippen MR) is 80.2 cm³/mol. The Morgan fingerprint density at radius 3 is 2.43 bits per heavy atom. The smallest absolute Gasteiger partial charge is 0.331 e. The molecule has 0 unspecified atom stereocenters. The van der Waals surface area contributed by atoms with Crippen LogP contribution in [0.5, 0.6) is 0 Å². The lowest BCUT2D eigenvalue weighted by molar-refractivity contribution is -0.144. The predicted octanol–water partition coefficient (Wildman–Crippen LogP) is 1.13. The van der Waals surface area contributed by atoms with Crippen LogP contribution in [0.15, 0.2) is 35.2 Å². The quantitative estimate of drug-likeness (QED) is 0.369. The van der Waals surface area contributed by atoms with Crippen LogP contribution in [0.1, 0.15) is 12.5 Å². The van der Waals surface area contributed by atoms with Crippen molar-refractivity contribution in [2.45, 2.75) is 11.8 Å². The summed E-state index contributed by atoms with van der Waals surface area (Å²) >= 11 is 1.63. The minimum atomic E-state index is -0.637. The summed E-state index contributed by atoms with van der Waals surface area (Å²) in [6.07, 6.45) is 4.81. The van der Waals surface area contributed by atoms with Gasteiger partial charge in [0.1, 0.15) is 0 Å². The molecule has 21 heavy (non-hydrogen) atoms. The van der Waals surface area contributed by atoms with Gasteiger partial charge in [-0.1, -0.05) is 12.1 Å². The van der Waals surface area contributed by atoms with Gasteiger partial charge in [-0.05, 0) is 30.0 Å². The van der Waals surface area contributed by atoms with Gasteiger partial charge in [0.2, 0.25) is 5.91 Å². The lowest BCUT2D eigenvalue weighted by Gasteiger charge is -2.04. The number of ether oxygens (including phenoxy) is 1. The Kier molecular flexibility index (Phi) is 7.03. The summed E-state index contributed by atoms with van der Waals surface area (Å²) in [4.78, 5) is 34.2. The molecular weight excluding hydrogens is 292 g/mol. The van der Waals surface area contributed by atoms with Crippen LogP contribution in [0.3, 0.4) is 0 Å². The second-order valence-corrected chi connectivity index (χ2v) is 4.82. The summed E-state index contributed by atoms with van der Waals surface area (Å²) in [6, 6.07) is 7.63. The zero-order chi connectivity index (χ0) is 15.7. The number of rotatable bonds is 5. The molecule has 0 aliphatic rings. The highest BCUT2D eigenvalue weighted by molar-refractivity contribution is 7.98. The number of carbonyl (C=O) groups excluding carboxylic acids is 3. The normalized spacial score (nSPS) is 10.2. The summed E-state index contributed by atoms with van der Waals surface area (Å²) in [7, 11) is 0. The first kappa shape index (κ1) is 16.8. The van der Waals surface area contributed by atoms with E-state index < -0.39 is 24.4 Å². The number of carbonyl (C=O) groups is 3. The third kappa shape index (κ3) is 7.17. The molecule has 0 saturated carbocycles. The summed E-state index contributed by atoms with van der Waals surface area (Å²) < 4.78 is 4.71. The Morgan fingerprint density at radius 2 is 1.86 bits per heavy atom. The van der Waals surface area contributed by atoms with Crippen molar-refractivity contribution < 1.29 is 19.1 Å². The van der Waals surface area contributed by atoms with Crippen LogP contribution in [0.2, 0.25) is 0 Å². The molecule has 2 amide bonds. The van der Waals surface area contributed by atoms with E-state index in [0.717, 1.165) is 10.5 Å². The maximum absolute atomic E-state index is 11.4. The van der Waals surface area contributed by atoms with E-state index in [4.69, 9.17) is 4.74 Å². The van der Waals surface area contributed by atoms with Gasteiger partial charge in [0.15, 0.2) is 6.61 Å². The topological polar surface area (TPSA) is 84.5 Å². The zero-order valence-electron chi connectivity index (χ0n) is 11.7. The van der Waals surface area contributed by atoms with Crippen LogP contribution in [0.4, 0.5) is 0 Å². The van der Waals surface area contributed by atoms with Crippen LogP contribution in [-0.4, -0.2) is 30.6 Å². The Labute approximate surface area is 126 Å². The first-order valence-corrected chi connectivity index (χ1v) is 7.28. The second-order valence-electron chi connectivity index (χ2n) is 3.94. The van der Waals surface area contributed by atoms with Crippen molar-refractivity contribution in [2.75, 3.05) is 12.9 Å². The Balaban J connectivity index is 2.36. The molecule has 0 heterocycles. The first-order valence-electron chi connectivity index (χ1n) is 6.05. The van der Waals surface area contributed by atoms with Crippen LogP contribution in [0.25, 0.3) is 6.08 Å². The van der Waals surface area contributed by atoms with Gasteiger partial charge in [-0.25, -0.2) is 4.79 Å². The van der Waals surface area contributed by atoms with Gasteiger partial charge in [0.25, 0.3) is 5.91 Å². The molecule has 0 atom stereocenters. The summed E-state index contributed by atoms with van der Waals surface area (Å²) in [5.41, 5.74) is 5.02. The number of esters is 1. The molecule has 112 valence electrons. The number of amides is 2. The fourth-order valence-corrected chi connectivity index (χ4v) is 1.67. The lowest BCUT2D eigenvalue weighted by atomic mass is 10.2. The number of benzene rings is 1. The summed E-state index contributed by atoms with van der Waals surface area (Å²) in [6.45, 7) is 0.784. The highest BCUT2D eigenvalue weighted by Gasteiger charge is 2.04. The van der Waals surface area contributed by atoms with Crippen molar-refractivity contribution in [3.63, 3.8) is 0 Å². The van der Waals surface area contributed by atoms with Crippen molar-refractivity contribution in [1.82, 2.24) is 10.9 Å². The SMILES string of the molecule is CSc1ccc(/C=C/C(=O)OCC(=O)NNC(C)=O)cc1. The van der Waals surface area contributed by atoms with Gasteiger partial charge in [0, 0.05) is 17.9 Å². The molecule has 0 radical (unpaired) electrons. The maximum atomic E-state index is 11.4. The number of thioether (sulfide) groups is 1. The van der Waals surface area contributed by atoms with E-state index in [-0.39, 0.29) is 0 Å². The lowest BCUT2D eigenvalue weighted by Crippen LogP contribution is -2.42. The van der Waals surface area contributed by atoms with Crippen molar-refractivity contribution in [3.05, 3.63) is 35.9 Å². The largest absolute Gasteiger partial charge is 0.452 e. The van der Waals surface area contributed by atoms with Crippen LogP contribution in [-0.2, 0) is 19.1 Å². The van der Waals surface area contributed by atoms with E-state index in [9.17, 15) is 14.4 Å². The van der Waals surface area contributed by atoms with E-state index in [1.54, 1.807) is 17.8 Å². The second kappa shape index (κ2) is 8.80. The molecule has 0 aromatic heterocycles. The standard InChI is InChI=1S/C14H16N2O4S/c1-10(17)15-16-13(18)9-20-14(19)8-5-11-3-6-12(21-2)7-4-11/h3-8H,9H2,1-2H3,(H,15,17)(H,16,18)/b8-5+. The molecule has 1 rings (SSSR count). The molecule has 0 fully saturated rings. The van der Waals surface area contributed by atoms with E-state index >= 15 is 0 Å². The number of nitrogens with one attached hydrogen (secondary N) is 2. The van der Waals surface area contributed by atoms with Gasteiger partial charge in [-0.3, -0.25) is 20.4 Å². The number of hydrogen-bond acceptors (Lipinski definition) is 5. The van der Waals surface area contributed by atoms with Gasteiger partial charge >= 0.3 is 5.97 Å². The fourth-order valence-electron chi connectivity index (χ4n) is 1.26. The number of hydrogen-bond donors (Lipinski definition) is 2. The van der Waals surface area contributed by atoms with Gasteiger partial charge in [0.05, 0.1) is 0 Å². The van der Waals surface area contributed by atoms with Crippen molar-refractivity contribution in [3.8, 4) is 0 Å². The Bertz CT molecular complexity index is 540. The van der Waals surface area contributed by atoms with Gasteiger partial charge in [-0.15, -0.1) is 11.8 Å². The molecule has 0 aliphatic heterocycles. The van der Waals surface area contributed by atoms with E-state index in [1.165, 1.54) is 13.0 Å². The monoisotopic (exact) mass is 308 g/mol. The van der Waals surface area contributed by atoms with Crippen LogP contribution < -0.4 is 10.9 Å². The molecule has 6 nitrogen and oxygen atoms in total. The molecule has 0 saturated heterocycles. The fraction of sp³-hybridized carbons (Fsp3) is 0.214. The average molecular weight is 308 g/mol. The van der Waals surface area contributed by atoms with Crippen LogP contribution >= 0.6 is 11.8 Å². The molecule has 0 aliphatic carbocycles. The summed E-state index contributed by atoms with van der Waals surface area (Å²) in [5, 5.41) is 0. The summed E-state index contributed by atoms with van der Waals surface area (Å²) in [5.74, 6) is -1.67. The maximum Gasteiger partial charge on any atom is 0.331 e. The van der Waals surface area contributed by atoms with E-state index in [1.807, 2.05) is 30.5 Å². The third-order valence-electron chi connectivity index (χ3n) is 2.25. The van der Waals surface area contributed by atoms with Gasteiger partial charge < -0.3 is 4.74 Å². The molecule has 1 aromatic rings. The third-order valence-corrected chi connectivity index (χ3v) is 2.99. The Hall–Kier alpha value is -2.28. The van der Waals surface area contributed by atoms with Crippen molar-refractivity contribution in [1.29, 1.82) is 0 Å². The van der Waals surface area contributed by atoms with E-state index in [0.29, 0.717) is 0 Å². The zero-order valence-corrected chi connectivity index (χ0v) is 12.5. The number of hydrazine groups is 1. The molecule has 2 N–H and O–H groups in total. The highest BCUT2D eigenvalue weighted by Crippen LogP contribution is 2.15. The molecule has 0 bridgehead atoms. The Morgan fingerprint density at radius 1 is 1.19 bits per heavy atom. The molecule has 1 aromatic carbocycles. The molecule has 0 spiro atoms. The van der Waals surface area contributed by atoms with Crippen molar-refractivity contribution in [2.24, 2.45) is 0 Å². The average Bonchev–Trinajstić information content (AvgIpc) is 2.49. The highest BCUT2D eigenvalue weighted by atomic mass is 32.2.